The molecular formula is C19H22N2. The van der Waals surface area contributed by atoms with Crippen LogP contribution in [0.2, 0.25) is 0 Å². The van der Waals surface area contributed by atoms with E-state index >= 15 is 0 Å². The summed E-state index contributed by atoms with van der Waals surface area (Å²) in [6.07, 6.45) is 2.80. The van der Waals surface area contributed by atoms with Crippen molar-refractivity contribution in [2.75, 3.05) is 5.32 Å². The first kappa shape index (κ1) is 14.9. The van der Waals surface area contributed by atoms with Gasteiger partial charge in [-0.1, -0.05) is 54.6 Å². The highest BCUT2D eigenvalue weighted by Crippen LogP contribution is 2.12. The molecule has 0 aliphatic heterocycles. The molecule has 0 bridgehead atoms. The molecule has 0 saturated carbocycles. The van der Waals surface area contributed by atoms with Gasteiger partial charge in [0.05, 0.1) is 5.82 Å². The van der Waals surface area contributed by atoms with Gasteiger partial charge in [0.1, 0.15) is 0 Å². The molecule has 0 heterocycles. The summed E-state index contributed by atoms with van der Waals surface area (Å²) in [6, 6.07) is 16.8. The summed E-state index contributed by atoms with van der Waals surface area (Å²) in [5.74, 6) is 0.798. The van der Waals surface area contributed by atoms with Crippen LogP contribution in [0.5, 0.6) is 0 Å². The van der Waals surface area contributed by atoms with Crippen LogP contribution in [-0.4, -0.2) is 0 Å². The van der Waals surface area contributed by atoms with Crippen molar-refractivity contribution in [1.29, 1.82) is 0 Å². The average Bonchev–Trinajstić information content (AvgIpc) is 2.49. The van der Waals surface area contributed by atoms with Gasteiger partial charge >= 0.3 is 0 Å². The molecule has 0 spiro atoms. The van der Waals surface area contributed by atoms with Gasteiger partial charge in [-0.05, 0) is 36.6 Å². The monoisotopic (exact) mass is 278 g/mol. The van der Waals surface area contributed by atoms with Crippen LogP contribution in [0.1, 0.15) is 16.7 Å². The summed E-state index contributed by atoms with van der Waals surface area (Å²) in [4.78, 5) is 0. The van der Waals surface area contributed by atoms with Gasteiger partial charge in [0.25, 0.3) is 0 Å². The molecule has 2 rings (SSSR count). The normalized spacial score (nSPS) is 9.95. The number of benzene rings is 2. The lowest BCUT2D eigenvalue weighted by molar-refractivity contribution is 0.820. The van der Waals surface area contributed by atoms with Gasteiger partial charge < -0.3 is 10.6 Å². The summed E-state index contributed by atoms with van der Waals surface area (Å²) in [7, 11) is 0. The summed E-state index contributed by atoms with van der Waals surface area (Å²) >= 11 is 0. The van der Waals surface area contributed by atoms with Gasteiger partial charge in [-0.15, -0.1) is 6.58 Å². The fourth-order valence-corrected chi connectivity index (χ4v) is 2.02. The highest BCUT2D eigenvalue weighted by atomic mass is 15.1. The Kier molecular flexibility index (Phi) is 5.22. The van der Waals surface area contributed by atoms with Gasteiger partial charge in [-0.2, -0.15) is 0 Å². The topological polar surface area (TPSA) is 24.1 Å². The Morgan fingerprint density at radius 3 is 2.24 bits per heavy atom. The molecule has 0 aliphatic rings. The standard InChI is InChI=1S/C19H22N2/c1-4-5-17-10-12-19(13-11-17)21-16(3)20-14-18-8-6-15(2)7-9-18/h4,6-13,20-21H,1,3,5,14H2,2H3. The largest absolute Gasteiger partial charge is 0.368 e. The fraction of sp³-hybridized carbons (Fsp3) is 0.158. The molecule has 2 heteroatoms. The zero-order chi connectivity index (χ0) is 15.1. The molecule has 0 aromatic heterocycles. The Labute approximate surface area is 127 Å². The fourth-order valence-electron chi connectivity index (χ4n) is 2.02. The number of nitrogens with one attached hydrogen (secondary N) is 2. The Bertz CT molecular complexity index is 594. The van der Waals surface area contributed by atoms with Crippen LogP contribution in [0, 0.1) is 6.92 Å². The minimum absolute atomic E-state index is 0.765. The van der Waals surface area contributed by atoms with E-state index in [4.69, 9.17) is 0 Å². The van der Waals surface area contributed by atoms with E-state index in [9.17, 15) is 0 Å². The number of hydrogen-bond donors (Lipinski definition) is 2. The number of aryl methyl sites for hydroxylation is 1. The first-order chi connectivity index (χ1) is 10.2. The summed E-state index contributed by atoms with van der Waals surface area (Å²) in [5, 5.41) is 6.55. The molecule has 2 aromatic carbocycles. The Hall–Kier alpha value is -2.48. The molecule has 0 unspecified atom stereocenters. The highest BCUT2D eigenvalue weighted by Gasteiger charge is 1.97. The van der Waals surface area contributed by atoms with Gasteiger partial charge in [0.2, 0.25) is 0 Å². The molecule has 0 amide bonds. The first-order valence-corrected chi connectivity index (χ1v) is 7.12. The lowest BCUT2D eigenvalue weighted by Gasteiger charge is -2.12. The van der Waals surface area contributed by atoms with Crippen LogP contribution in [0.3, 0.4) is 0 Å². The second kappa shape index (κ2) is 7.34. The Morgan fingerprint density at radius 2 is 1.62 bits per heavy atom. The van der Waals surface area contributed by atoms with Crippen molar-refractivity contribution in [3.63, 3.8) is 0 Å². The minimum atomic E-state index is 0.765. The maximum absolute atomic E-state index is 4.00. The SMILES string of the molecule is C=CCc1ccc(NC(=C)NCc2ccc(C)cc2)cc1. The van der Waals surface area contributed by atoms with Crippen LogP contribution in [0.4, 0.5) is 5.69 Å². The van der Waals surface area contributed by atoms with E-state index in [0.717, 1.165) is 24.5 Å². The second-order valence-electron chi connectivity index (χ2n) is 5.13. The van der Waals surface area contributed by atoms with E-state index in [1.54, 1.807) is 0 Å². The van der Waals surface area contributed by atoms with Crippen molar-refractivity contribution in [3.8, 4) is 0 Å². The lowest BCUT2D eigenvalue weighted by atomic mass is 10.1. The molecule has 108 valence electrons. The second-order valence-corrected chi connectivity index (χ2v) is 5.13. The average molecular weight is 278 g/mol. The third kappa shape index (κ3) is 4.84. The van der Waals surface area contributed by atoms with E-state index in [-0.39, 0.29) is 0 Å². The zero-order valence-electron chi connectivity index (χ0n) is 12.5. The van der Waals surface area contributed by atoms with E-state index in [1.807, 2.05) is 6.08 Å². The summed E-state index contributed by atoms with van der Waals surface area (Å²) in [5.41, 5.74) is 4.80. The maximum atomic E-state index is 4.00. The van der Waals surface area contributed by atoms with Crippen molar-refractivity contribution in [2.45, 2.75) is 19.9 Å². The molecule has 0 saturated heterocycles. The predicted octanol–water partition coefficient (Wildman–Crippen LogP) is 4.40. The van der Waals surface area contributed by atoms with Crippen molar-refractivity contribution in [2.24, 2.45) is 0 Å². The molecule has 0 atom stereocenters. The third-order valence-corrected chi connectivity index (χ3v) is 3.26. The number of hydrogen-bond acceptors (Lipinski definition) is 2. The number of anilines is 1. The van der Waals surface area contributed by atoms with Gasteiger partial charge in [-0.25, -0.2) is 0 Å². The first-order valence-electron chi connectivity index (χ1n) is 7.12. The molecule has 0 fully saturated rings. The maximum Gasteiger partial charge on any atom is 0.0959 e. The van der Waals surface area contributed by atoms with Crippen molar-refractivity contribution < 1.29 is 0 Å². The van der Waals surface area contributed by atoms with Crippen LogP contribution >= 0.6 is 0 Å². The molecule has 0 aliphatic carbocycles. The minimum Gasteiger partial charge on any atom is -0.368 e. The van der Waals surface area contributed by atoms with Gasteiger partial charge in [-0.3, -0.25) is 0 Å². The van der Waals surface area contributed by atoms with Crippen molar-refractivity contribution in [3.05, 3.63) is 90.3 Å². The summed E-state index contributed by atoms with van der Waals surface area (Å²) < 4.78 is 0. The molecule has 2 N–H and O–H groups in total. The molecule has 0 radical (unpaired) electrons. The van der Waals surface area contributed by atoms with Crippen LogP contribution in [-0.2, 0) is 13.0 Å². The molecular weight excluding hydrogens is 256 g/mol. The molecule has 2 aromatic rings. The number of rotatable bonds is 7. The Morgan fingerprint density at radius 1 is 1.00 bits per heavy atom. The smallest absolute Gasteiger partial charge is 0.0959 e. The van der Waals surface area contributed by atoms with Gasteiger partial charge in [0.15, 0.2) is 0 Å². The molecule has 2 nitrogen and oxygen atoms in total. The van der Waals surface area contributed by atoms with E-state index in [2.05, 4.69) is 79.2 Å². The van der Waals surface area contributed by atoms with E-state index in [0.29, 0.717) is 0 Å². The van der Waals surface area contributed by atoms with E-state index in [1.165, 1.54) is 16.7 Å². The zero-order valence-corrected chi connectivity index (χ0v) is 12.5. The van der Waals surface area contributed by atoms with Crippen LogP contribution in [0.25, 0.3) is 0 Å². The highest BCUT2D eigenvalue weighted by molar-refractivity contribution is 5.48. The van der Waals surface area contributed by atoms with Crippen molar-refractivity contribution in [1.82, 2.24) is 5.32 Å². The third-order valence-electron chi connectivity index (χ3n) is 3.26. The van der Waals surface area contributed by atoms with Crippen LogP contribution < -0.4 is 10.6 Å². The lowest BCUT2D eigenvalue weighted by Crippen LogP contribution is -2.18. The predicted molar refractivity (Wildman–Crippen MR) is 91.1 cm³/mol. The quantitative estimate of drug-likeness (QED) is 0.734. The van der Waals surface area contributed by atoms with Gasteiger partial charge in [0, 0.05) is 12.2 Å². The summed E-state index contributed by atoms with van der Waals surface area (Å²) in [6.45, 7) is 10.6. The Balaban J connectivity index is 1.83. The number of allylic oxidation sites excluding steroid dienone is 1. The van der Waals surface area contributed by atoms with E-state index < -0.39 is 0 Å². The van der Waals surface area contributed by atoms with Crippen molar-refractivity contribution >= 4 is 5.69 Å². The molecule has 21 heavy (non-hydrogen) atoms. The van der Waals surface area contributed by atoms with Crippen LogP contribution in [0.15, 0.2) is 73.6 Å².